The first kappa shape index (κ1) is 76.8. The van der Waals surface area contributed by atoms with Gasteiger partial charge in [0.1, 0.15) is 0 Å². The zero-order chi connectivity index (χ0) is 57.1. The van der Waals surface area contributed by atoms with Crippen LogP contribution in [0.15, 0.2) is 48.6 Å². The Labute approximate surface area is 493 Å². The number of carbonyl (C=O) groups excluding carboxylic acids is 2. The average Bonchev–Trinajstić information content (AvgIpc) is 3.45. The lowest BCUT2D eigenvalue weighted by molar-refractivity contribution is -0.143. The van der Waals surface area contributed by atoms with Crippen molar-refractivity contribution in [3.05, 3.63) is 48.6 Å². The van der Waals surface area contributed by atoms with Gasteiger partial charge >= 0.3 is 5.97 Å². The molecule has 464 valence electrons. The van der Waals surface area contributed by atoms with Crippen molar-refractivity contribution >= 4 is 11.9 Å². The maximum absolute atomic E-state index is 12.5. The smallest absolute Gasteiger partial charge is 0.305 e. The topological polar surface area (TPSA) is 95.9 Å². The Morgan fingerprint density at radius 3 is 1.00 bits per heavy atom. The summed E-state index contributed by atoms with van der Waals surface area (Å²) in [6, 6.07) is -0.629. The number of allylic oxidation sites excluding steroid dienone is 7. The third-order valence-electron chi connectivity index (χ3n) is 16.3. The largest absolute Gasteiger partial charge is 0.466 e. The lowest BCUT2D eigenvalue weighted by Gasteiger charge is -2.20. The van der Waals surface area contributed by atoms with E-state index >= 15 is 0 Å². The molecule has 0 fully saturated rings. The second-order valence-electron chi connectivity index (χ2n) is 24.2. The number of hydrogen-bond donors (Lipinski definition) is 3. The number of amides is 1. The molecule has 0 aromatic rings. The van der Waals surface area contributed by atoms with Gasteiger partial charge < -0.3 is 20.3 Å². The van der Waals surface area contributed by atoms with Crippen molar-refractivity contribution in [2.24, 2.45) is 0 Å². The van der Waals surface area contributed by atoms with Crippen LogP contribution < -0.4 is 5.32 Å². The summed E-state index contributed by atoms with van der Waals surface area (Å²) in [7, 11) is 0. The molecule has 79 heavy (non-hydrogen) atoms. The third kappa shape index (κ3) is 64.8. The SMILES string of the molecule is CCCCC/C=C\C/C=C\CCCCCCCCCC(=O)OCCCCCCCCCCCCCC/C=C\CCCCCCCCCCCCCCC(=O)NC(CO)C(O)/C=C/CCCCCCCCCCCCCCCCC. The molecule has 0 aromatic heterocycles. The Balaban J connectivity index is 3.40. The van der Waals surface area contributed by atoms with Gasteiger partial charge in [-0.15, -0.1) is 0 Å². The fourth-order valence-corrected chi connectivity index (χ4v) is 10.9. The van der Waals surface area contributed by atoms with E-state index < -0.39 is 12.1 Å². The molecule has 0 aliphatic carbocycles. The summed E-state index contributed by atoms with van der Waals surface area (Å²) in [5, 5.41) is 23.2. The highest BCUT2D eigenvalue weighted by molar-refractivity contribution is 5.76. The summed E-state index contributed by atoms with van der Waals surface area (Å²) < 4.78 is 5.50. The molecule has 0 saturated carbocycles. The van der Waals surface area contributed by atoms with Crippen molar-refractivity contribution in [3.8, 4) is 0 Å². The molecule has 6 nitrogen and oxygen atoms in total. The average molecular weight is 1110 g/mol. The van der Waals surface area contributed by atoms with E-state index in [9.17, 15) is 19.8 Å². The predicted octanol–water partition coefficient (Wildman–Crippen LogP) is 22.9. The third-order valence-corrected chi connectivity index (χ3v) is 16.3. The monoisotopic (exact) mass is 1110 g/mol. The van der Waals surface area contributed by atoms with E-state index in [4.69, 9.17) is 4.74 Å². The normalized spacial score (nSPS) is 12.8. The minimum absolute atomic E-state index is 0.00783. The molecule has 0 radical (unpaired) electrons. The predicted molar refractivity (Wildman–Crippen MR) is 347 cm³/mol. The zero-order valence-electron chi connectivity index (χ0n) is 53.1. The van der Waals surface area contributed by atoms with Crippen LogP contribution in [0.4, 0.5) is 0 Å². The molecule has 0 aliphatic rings. The number of aliphatic hydroxyl groups is 2. The first-order valence-corrected chi connectivity index (χ1v) is 35.4. The summed E-state index contributed by atoms with van der Waals surface area (Å²) in [5.41, 5.74) is 0. The Morgan fingerprint density at radius 2 is 0.633 bits per heavy atom. The molecule has 0 aliphatic heterocycles. The van der Waals surface area contributed by atoms with E-state index in [1.807, 2.05) is 6.08 Å². The van der Waals surface area contributed by atoms with Crippen LogP contribution in [-0.2, 0) is 14.3 Å². The maximum Gasteiger partial charge on any atom is 0.305 e. The van der Waals surface area contributed by atoms with Gasteiger partial charge in [0, 0.05) is 12.8 Å². The highest BCUT2D eigenvalue weighted by atomic mass is 16.5. The van der Waals surface area contributed by atoms with Crippen LogP contribution in [0, 0.1) is 0 Å². The number of rotatable bonds is 66. The standard InChI is InChI=1S/C73H137NO5/c1-3-5-7-9-11-13-15-17-19-33-37-41-45-49-53-57-61-65-71(76)70(69-75)74-72(77)66-62-58-54-50-46-42-38-35-31-29-27-25-23-21-22-24-26-28-30-32-36-40-44-48-52-56-60-64-68-79-73(78)67-63-59-55-51-47-43-39-34-20-18-16-14-12-10-8-6-4-2/h12,14,18,20-22,61,65,70-71,75-76H,3-11,13,15-17,19,23-60,62-64,66-69H2,1-2H3,(H,74,77)/b14-12-,20-18-,22-21-,65-61+. The number of aliphatic hydroxyl groups excluding tert-OH is 2. The number of nitrogens with one attached hydrogen (secondary N) is 1. The molecule has 1 amide bonds. The van der Waals surface area contributed by atoms with Crippen molar-refractivity contribution in [3.63, 3.8) is 0 Å². The van der Waals surface area contributed by atoms with Crippen molar-refractivity contribution in [1.82, 2.24) is 5.32 Å². The number of hydrogen-bond acceptors (Lipinski definition) is 5. The van der Waals surface area contributed by atoms with Gasteiger partial charge in [-0.25, -0.2) is 0 Å². The van der Waals surface area contributed by atoms with Crippen molar-refractivity contribution in [1.29, 1.82) is 0 Å². The Bertz CT molecular complexity index is 1320. The first-order chi connectivity index (χ1) is 39.0. The van der Waals surface area contributed by atoms with E-state index in [1.165, 1.54) is 302 Å². The quantitative estimate of drug-likeness (QED) is 0.0320. The summed E-state index contributed by atoms with van der Waals surface area (Å²) >= 11 is 0. The van der Waals surface area contributed by atoms with Gasteiger partial charge in [0.05, 0.1) is 25.4 Å². The molecular weight excluding hydrogens is 971 g/mol. The molecular formula is C73H137NO5. The number of esters is 1. The van der Waals surface area contributed by atoms with E-state index in [-0.39, 0.29) is 18.5 Å². The molecule has 2 atom stereocenters. The van der Waals surface area contributed by atoms with Crippen LogP contribution >= 0.6 is 0 Å². The van der Waals surface area contributed by atoms with Crippen molar-refractivity contribution in [2.75, 3.05) is 13.2 Å². The molecule has 0 rings (SSSR count). The van der Waals surface area contributed by atoms with E-state index in [1.54, 1.807) is 6.08 Å². The molecule has 0 saturated heterocycles. The maximum atomic E-state index is 12.5. The zero-order valence-corrected chi connectivity index (χ0v) is 53.1. The number of carbonyl (C=O) groups is 2. The van der Waals surface area contributed by atoms with Gasteiger partial charge in [-0.05, 0) is 89.9 Å². The Morgan fingerprint density at radius 1 is 0.354 bits per heavy atom. The van der Waals surface area contributed by atoms with E-state index in [0.29, 0.717) is 19.4 Å². The minimum atomic E-state index is -0.845. The summed E-state index contributed by atoms with van der Waals surface area (Å²) in [5.74, 6) is -0.0578. The number of ether oxygens (including phenoxy) is 1. The fourth-order valence-electron chi connectivity index (χ4n) is 10.9. The molecule has 2 unspecified atom stereocenters. The van der Waals surface area contributed by atoms with E-state index in [2.05, 4.69) is 55.6 Å². The van der Waals surface area contributed by atoms with Gasteiger partial charge in [0.15, 0.2) is 0 Å². The minimum Gasteiger partial charge on any atom is -0.466 e. The van der Waals surface area contributed by atoms with Gasteiger partial charge in [-0.1, -0.05) is 326 Å². The van der Waals surface area contributed by atoms with Crippen molar-refractivity contribution < 1.29 is 24.5 Å². The van der Waals surface area contributed by atoms with Gasteiger partial charge in [0.25, 0.3) is 0 Å². The Kier molecular flexibility index (Phi) is 66.4. The summed E-state index contributed by atoms with van der Waals surface area (Å²) in [6.45, 7) is 4.90. The van der Waals surface area contributed by atoms with Crippen LogP contribution in [0.1, 0.15) is 380 Å². The van der Waals surface area contributed by atoms with E-state index in [0.717, 1.165) is 51.4 Å². The highest BCUT2D eigenvalue weighted by Gasteiger charge is 2.18. The van der Waals surface area contributed by atoms with Crippen LogP contribution in [-0.4, -0.2) is 47.4 Å². The van der Waals surface area contributed by atoms with Crippen LogP contribution in [0.2, 0.25) is 0 Å². The second-order valence-corrected chi connectivity index (χ2v) is 24.2. The summed E-state index contributed by atoms with van der Waals surface area (Å²) in [6.07, 6.45) is 89.0. The van der Waals surface area contributed by atoms with Crippen LogP contribution in [0.5, 0.6) is 0 Å². The molecule has 0 spiro atoms. The van der Waals surface area contributed by atoms with Gasteiger partial charge in [-0.3, -0.25) is 9.59 Å². The molecule has 0 heterocycles. The lowest BCUT2D eigenvalue weighted by atomic mass is 10.0. The van der Waals surface area contributed by atoms with Crippen molar-refractivity contribution in [2.45, 2.75) is 392 Å². The molecule has 3 N–H and O–H groups in total. The lowest BCUT2D eigenvalue weighted by Crippen LogP contribution is -2.45. The molecule has 6 heteroatoms. The molecule has 0 bridgehead atoms. The number of unbranched alkanes of at least 4 members (excludes halogenated alkanes) is 49. The first-order valence-electron chi connectivity index (χ1n) is 35.4. The Hall–Kier alpha value is -2.18. The van der Waals surface area contributed by atoms with Crippen LogP contribution in [0.3, 0.4) is 0 Å². The fraction of sp³-hybridized carbons (Fsp3) is 0.863. The highest BCUT2D eigenvalue weighted by Crippen LogP contribution is 2.18. The second kappa shape index (κ2) is 68.3. The van der Waals surface area contributed by atoms with Crippen LogP contribution in [0.25, 0.3) is 0 Å². The van der Waals surface area contributed by atoms with Gasteiger partial charge in [-0.2, -0.15) is 0 Å². The van der Waals surface area contributed by atoms with Gasteiger partial charge in [0.2, 0.25) is 5.91 Å². The molecule has 0 aromatic carbocycles. The summed E-state index contributed by atoms with van der Waals surface area (Å²) in [4.78, 5) is 24.6.